The summed E-state index contributed by atoms with van der Waals surface area (Å²) in [5.41, 5.74) is 1.82. The van der Waals surface area contributed by atoms with Crippen LogP contribution in [0.5, 0.6) is 0 Å². The summed E-state index contributed by atoms with van der Waals surface area (Å²) in [7, 11) is 1.78. The molecule has 0 atom stereocenters. The molecule has 1 aromatic heterocycles. The zero-order chi connectivity index (χ0) is 13.1. The van der Waals surface area contributed by atoms with Crippen LogP contribution in [0, 0.1) is 6.92 Å². The summed E-state index contributed by atoms with van der Waals surface area (Å²) < 4.78 is 1.60. The van der Waals surface area contributed by atoms with Crippen LogP contribution in [0.15, 0.2) is 24.5 Å². The van der Waals surface area contributed by atoms with Gasteiger partial charge in [0.15, 0.2) is 5.82 Å². The van der Waals surface area contributed by atoms with Gasteiger partial charge in [-0.1, -0.05) is 6.07 Å². The Kier molecular flexibility index (Phi) is 3.27. The number of aryl methyl sites for hydroxylation is 2. The lowest BCUT2D eigenvalue weighted by molar-refractivity contribution is 0.0698. The van der Waals surface area contributed by atoms with E-state index >= 15 is 0 Å². The largest absolute Gasteiger partial charge is 0.478 e. The summed E-state index contributed by atoms with van der Waals surface area (Å²) in [6, 6.07) is 5.16. The van der Waals surface area contributed by atoms with Crippen molar-refractivity contribution in [3.63, 3.8) is 0 Å². The Hall–Kier alpha value is -2.37. The molecule has 18 heavy (non-hydrogen) atoms. The molecule has 0 amide bonds. The van der Waals surface area contributed by atoms with Crippen molar-refractivity contribution in [2.24, 2.45) is 7.05 Å². The molecule has 0 aliphatic heterocycles. The van der Waals surface area contributed by atoms with E-state index in [2.05, 4.69) is 15.4 Å². The van der Waals surface area contributed by atoms with Crippen LogP contribution in [-0.2, 0) is 13.6 Å². The molecule has 0 radical (unpaired) electrons. The maximum atomic E-state index is 11.1. The molecule has 6 heteroatoms. The standard InChI is InChI=1S/C12H14N4O2/c1-8-3-4-9(12(17)18)10(5-8)13-6-11-14-7-16(2)15-11/h3-5,7,13H,6H2,1-2H3,(H,17,18). The van der Waals surface area contributed by atoms with E-state index in [1.54, 1.807) is 36.3 Å². The zero-order valence-corrected chi connectivity index (χ0v) is 10.2. The second-order valence-electron chi connectivity index (χ2n) is 4.04. The Morgan fingerprint density at radius 3 is 2.89 bits per heavy atom. The molecule has 2 N–H and O–H groups in total. The first kappa shape index (κ1) is 12.1. The van der Waals surface area contributed by atoms with Crippen molar-refractivity contribution in [3.05, 3.63) is 41.5 Å². The highest BCUT2D eigenvalue weighted by Gasteiger charge is 2.10. The van der Waals surface area contributed by atoms with Crippen molar-refractivity contribution in [2.75, 3.05) is 5.32 Å². The van der Waals surface area contributed by atoms with Crippen LogP contribution in [0.25, 0.3) is 0 Å². The van der Waals surface area contributed by atoms with Crippen molar-refractivity contribution in [2.45, 2.75) is 13.5 Å². The normalized spacial score (nSPS) is 10.3. The molecule has 0 saturated carbocycles. The molecule has 0 saturated heterocycles. The molecule has 0 aliphatic carbocycles. The van der Waals surface area contributed by atoms with Gasteiger partial charge >= 0.3 is 5.97 Å². The van der Waals surface area contributed by atoms with Gasteiger partial charge in [0, 0.05) is 12.7 Å². The molecule has 6 nitrogen and oxygen atoms in total. The van der Waals surface area contributed by atoms with Gasteiger partial charge in [-0.25, -0.2) is 9.78 Å². The minimum atomic E-state index is -0.952. The average Bonchev–Trinajstić information content (AvgIpc) is 2.72. The van der Waals surface area contributed by atoms with E-state index in [1.165, 1.54) is 0 Å². The zero-order valence-electron chi connectivity index (χ0n) is 10.2. The van der Waals surface area contributed by atoms with Crippen LogP contribution in [-0.4, -0.2) is 25.8 Å². The number of hydrogen-bond acceptors (Lipinski definition) is 4. The van der Waals surface area contributed by atoms with Gasteiger partial charge in [0.05, 0.1) is 12.1 Å². The third-order valence-corrected chi connectivity index (χ3v) is 2.49. The number of nitrogens with one attached hydrogen (secondary N) is 1. The number of hydrogen-bond donors (Lipinski definition) is 2. The van der Waals surface area contributed by atoms with Gasteiger partial charge in [0.2, 0.25) is 0 Å². The van der Waals surface area contributed by atoms with E-state index in [1.807, 2.05) is 6.92 Å². The molecular formula is C12H14N4O2. The van der Waals surface area contributed by atoms with Crippen molar-refractivity contribution in [1.82, 2.24) is 14.8 Å². The van der Waals surface area contributed by atoms with E-state index < -0.39 is 5.97 Å². The van der Waals surface area contributed by atoms with Crippen molar-refractivity contribution in [3.8, 4) is 0 Å². The molecule has 2 rings (SSSR count). The fourth-order valence-electron chi connectivity index (χ4n) is 1.63. The number of nitrogens with zero attached hydrogens (tertiary/aromatic N) is 3. The number of aromatic carboxylic acids is 1. The first-order valence-corrected chi connectivity index (χ1v) is 5.48. The Morgan fingerprint density at radius 2 is 2.28 bits per heavy atom. The molecule has 0 aliphatic rings. The third-order valence-electron chi connectivity index (χ3n) is 2.49. The van der Waals surface area contributed by atoms with Crippen LogP contribution in [0.1, 0.15) is 21.7 Å². The number of anilines is 1. The lowest BCUT2D eigenvalue weighted by Gasteiger charge is -2.08. The summed E-state index contributed by atoms with van der Waals surface area (Å²) in [5, 5.41) is 16.2. The second-order valence-corrected chi connectivity index (χ2v) is 4.04. The first-order valence-electron chi connectivity index (χ1n) is 5.48. The molecule has 1 aromatic carbocycles. The van der Waals surface area contributed by atoms with Crippen LogP contribution < -0.4 is 5.32 Å². The number of benzene rings is 1. The first-order chi connectivity index (χ1) is 8.56. The second kappa shape index (κ2) is 4.87. The van der Waals surface area contributed by atoms with Gasteiger partial charge in [-0.3, -0.25) is 4.68 Å². The Labute approximate surface area is 104 Å². The highest BCUT2D eigenvalue weighted by Crippen LogP contribution is 2.18. The summed E-state index contributed by atoms with van der Waals surface area (Å²) in [5.74, 6) is -0.332. The van der Waals surface area contributed by atoms with Gasteiger partial charge in [-0.05, 0) is 24.6 Å². The number of carbonyl (C=O) groups is 1. The summed E-state index contributed by atoms with van der Waals surface area (Å²) in [6.07, 6.45) is 1.60. The number of carboxylic acid groups (broad SMARTS) is 1. The Balaban J connectivity index is 2.17. The minimum Gasteiger partial charge on any atom is -0.478 e. The SMILES string of the molecule is Cc1ccc(C(=O)O)c(NCc2ncn(C)n2)c1. The van der Waals surface area contributed by atoms with E-state index in [9.17, 15) is 4.79 Å². The Morgan fingerprint density at radius 1 is 1.50 bits per heavy atom. The average molecular weight is 246 g/mol. The molecule has 0 bridgehead atoms. The summed E-state index contributed by atoms with van der Waals surface area (Å²) in [4.78, 5) is 15.1. The quantitative estimate of drug-likeness (QED) is 0.853. The van der Waals surface area contributed by atoms with Gasteiger partial charge < -0.3 is 10.4 Å². The predicted octanol–water partition coefficient (Wildman–Crippen LogP) is 1.43. The monoisotopic (exact) mass is 246 g/mol. The van der Waals surface area contributed by atoms with Crippen LogP contribution in [0.3, 0.4) is 0 Å². The van der Waals surface area contributed by atoms with Crippen molar-refractivity contribution in [1.29, 1.82) is 0 Å². The van der Waals surface area contributed by atoms with E-state index in [-0.39, 0.29) is 5.56 Å². The van der Waals surface area contributed by atoms with Gasteiger partial charge in [-0.2, -0.15) is 5.10 Å². The topological polar surface area (TPSA) is 80.0 Å². The fraction of sp³-hybridized carbons (Fsp3) is 0.250. The molecule has 1 heterocycles. The minimum absolute atomic E-state index is 0.247. The molecule has 0 unspecified atom stereocenters. The maximum absolute atomic E-state index is 11.1. The van der Waals surface area contributed by atoms with Crippen molar-refractivity contribution < 1.29 is 9.90 Å². The van der Waals surface area contributed by atoms with E-state index in [0.29, 0.717) is 18.1 Å². The molecule has 0 spiro atoms. The highest BCUT2D eigenvalue weighted by atomic mass is 16.4. The predicted molar refractivity (Wildman–Crippen MR) is 66.5 cm³/mol. The molecule has 2 aromatic rings. The summed E-state index contributed by atoms with van der Waals surface area (Å²) in [6.45, 7) is 2.31. The molecule has 0 fully saturated rings. The lowest BCUT2D eigenvalue weighted by Crippen LogP contribution is -2.08. The summed E-state index contributed by atoms with van der Waals surface area (Å²) >= 11 is 0. The van der Waals surface area contributed by atoms with Gasteiger partial charge in [-0.15, -0.1) is 0 Å². The smallest absolute Gasteiger partial charge is 0.337 e. The van der Waals surface area contributed by atoms with E-state index in [4.69, 9.17) is 5.11 Å². The maximum Gasteiger partial charge on any atom is 0.337 e. The number of aromatic nitrogens is 3. The van der Waals surface area contributed by atoms with Crippen LogP contribution in [0.4, 0.5) is 5.69 Å². The van der Waals surface area contributed by atoms with Crippen molar-refractivity contribution >= 4 is 11.7 Å². The molecular weight excluding hydrogens is 232 g/mol. The number of carboxylic acids is 1. The van der Waals surface area contributed by atoms with Gasteiger partial charge in [0.25, 0.3) is 0 Å². The lowest BCUT2D eigenvalue weighted by atomic mass is 10.1. The van der Waals surface area contributed by atoms with E-state index in [0.717, 1.165) is 5.56 Å². The Bertz CT molecular complexity index is 577. The molecule has 94 valence electrons. The highest BCUT2D eigenvalue weighted by molar-refractivity contribution is 5.94. The third kappa shape index (κ3) is 2.65. The van der Waals surface area contributed by atoms with Crippen LogP contribution >= 0.6 is 0 Å². The number of rotatable bonds is 4. The fourth-order valence-corrected chi connectivity index (χ4v) is 1.63. The van der Waals surface area contributed by atoms with Crippen LogP contribution in [0.2, 0.25) is 0 Å². The van der Waals surface area contributed by atoms with Gasteiger partial charge in [0.1, 0.15) is 6.33 Å².